The van der Waals surface area contributed by atoms with Gasteiger partial charge in [0, 0.05) is 11.6 Å². The average molecular weight is 250 g/mol. The molecule has 0 saturated heterocycles. The first-order valence-electron chi connectivity index (χ1n) is 5.39. The topological polar surface area (TPSA) is 82.3 Å². The van der Waals surface area contributed by atoms with Gasteiger partial charge in [-0.05, 0) is 22.6 Å². The normalized spacial score (nSPS) is 10.4. The Kier molecular flexibility index (Phi) is 3.73. The zero-order valence-corrected chi connectivity index (χ0v) is 10.2. The summed E-state index contributed by atoms with van der Waals surface area (Å²) in [5, 5.41) is 20.3. The number of aliphatic hydroxyl groups is 1. The van der Waals surface area contributed by atoms with E-state index in [1.807, 2.05) is 12.1 Å². The summed E-state index contributed by atoms with van der Waals surface area (Å²) in [6, 6.07) is 5.38. The van der Waals surface area contributed by atoms with Gasteiger partial charge >= 0.3 is 0 Å². The van der Waals surface area contributed by atoms with E-state index >= 15 is 0 Å². The lowest BCUT2D eigenvalue weighted by Gasteiger charge is -2.08. The van der Waals surface area contributed by atoms with Crippen LogP contribution < -0.4 is 9.47 Å². The van der Waals surface area contributed by atoms with Gasteiger partial charge in [-0.25, -0.2) is 4.68 Å². The van der Waals surface area contributed by atoms with Gasteiger partial charge in [0.15, 0.2) is 5.82 Å². The van der Waals surface area contributed by atoms with Gasteiger partial charge in [-0.15, -0.1) is 5.10 Å². The number of aromatic nitrogens is 4. The van der Waals surface area contributed by atoms with Crippen molar-refractivity contribution in [2.24, 2.45) is 0 Å². The zero-order chi connectivity index (χ0) is 13.0. The predicted octanol–water partition coefficient (Wildman–Crippen LogP) is 0.350. The molecule has 0 unspecified atom stereocenters. The van der Waals surface area contributed by atoms with Gasteiger partial charge in [0.2, 0.25) is 0 Å². The first-order valence-corrected chi connectivity index (χ1v) is 5.39. The highest BCUT2D eigenvalue weighted by Crippen LogP contribution is 2.28. The monoisotopic (exact) mass is 250 g/mol. The molecule has 1 heterocycles. The van der Waals surface area contributed by atoms with Crippen molar-refractivity contribution in [2.75, 3.05) is 20.8 Å². The third kappa shape index (κ3) is 2.40. The summed E-state index contributed by atoms with van der Waals surface area (Å²) >= 11 is 0. The summed E-state index contributed by atoms with van der Waals surface area (Å²) in [6.07, 6.45) is 0. The molecule has 0 amide bonds. The van der Waals surface area contributed by atoms with Crippen LogP contribution in [0.25, 0.3) is 11.4 Å². The molecular formula is C11H14N4O3. The summed E-state index contributed by atoms with van der Waals surface area (Å²) < 4.78 is 11.9. The van der Waals surface area contributed by atoms with Gasteiger partial charge in [0.1, 0.15) is 11.5 Å². The Morgan fingerprint density at radius 3 is 2.39 bits per heavy atom. The second-order valence-corrected chi connectivity index (χ2v) is 3.55. The minimum atomic E-state index is -0.0286. The Morgan fingerprint density at radius 1 is 1.17 bits per heavy atom. The Hall–Kier alpha value is -2.15. The predicted molar refractivity (Wildman–Crippen MR) is 63.4 cm³/mol. The highest BCUT2D eigenvalue weighted by atomic mass is 16.5. The fourth-order valence-electron chi connectivity index (χ4n) is 1.59. The largest absolute Gasteiger partial charge is 0.497 e. The molecule has 0 aliphatic rings. The van der Waals surface area contributed by atoms with Crippen LogP contribution in [0.15, 0.2) is 18.2 Å². The molecule has 96 valence electrons. The Bertz CT molecular complexity index is 505. The van der Waals surface area contributed by atoms with E-state index in [0.29, 0.717) is 23.9 Å². The van der Waals surface area contributed by atoms with E-state index in [9.17, 15) is 0 Å². The van der Waals surface area contributed by atoms with E-state index in [4.69, 9.17) is 14.6 Å². The fourth-order valence-corrected chi connectivity index (χ4v) is 1.59. The summed E-state index contributed by atoms with van der Waals surface area (Å²) in [5.74, 6) is 1.87. The number of rotatable bonds is 5. The summed E-state index contributed by atoms with van der Waals surface area (Å²) in [5.41, 5.74) is 0.768. The van der Waals surface area contributed by atoms with E-state index in [2.05, 4.69) is 15.5 Å². The van der Waals surface area contributed by atoms with Crippen molar-refractivity contribution in [1.82, 2.24) is 20.2 Å². The second-order valence-electron chi connectivity index (χ2n) is 3.55. The van der Waals surface area contributed by atoms with Crippen LogP contribution in [0.1, 0.15) is 0 Å². The molecule has 0 spiro atoms. The standard InChI is InChI=1S/C11H14N4O3/c1-17-9-5-8(6-10(7-9)18-2)11-12-13-14-15(11)3-4-16/h5-7,16H,3-4H2,1-2H3. The lowest BCUT2D eigenvalue weighted by Crippen LogP contribution is -2.06. The third-order valence-electron chi connectivity index (χ3n) is 2.45. The van der Waals surface area contributed by atoms with Crippen molar-refractivity contribution in [3.05, 3.63) is 18.2 Å². The van der Waals surface area contributed by atoms with Crippen molar-refractivity contribution in [3.63, 3.8) is 0 Å². The third-order valence-corrected chi connectivity index (χ3v) is 2.45. The second kappa shape index (κ2) is 5.46. The Morgan fingerprint density at radius 2 is 1.83 bits per heavy atom. The van der Waals surface area contributed by atoms with Crippen LogP contribution in [-0.2, 0) is 6.54 Å². The van der Waals surface area contributed by atoms with E-state index in [0.717, 1.165) is 5.56 Å². The van der Waals surface area contributed by atoms with Crippen molar-refractivity contribution >= 4 is 0 Å². The maximum absolute atomic E-state index is 8.95. The van der Waals surface area contributed by atoms with E-state index in [1.54, 1.807) is 20.3 Å². The van der Waals surface area contributed by atoms with Crippen LogP contribution in [0.3, 0.4) is 0 Å². The number of hydrogen-bond donors (Lipinski definition) is 1. The number of benzene rings is 1. The molecule has 0 aliphatic carbocycles. The molecule has 7 heteroatoms. The molecule has 2 rings (SSSR count). The molecule has 1 N–H and O–H groups in total. The zero-order valence-electron chi connectivity index (χ0n) is 10.2. The number of tetrazole rings is 1. The molecule has 1 aromatic carbocycles. The van der Waals surface area contributed by atoms with Crippen LogP contribution in [-0.4, -0.2) is 46.1 Å². The molecule has 0 saturated carbocycles. The highest BCUT2D eigenvalue weighted by molar-refractivity contribution is 5.60. The van der Waals surface area contributed by atoms with Crippen LogP contribution in [0.5, 0.6) is 11.5 Å². The molecule has 0 fully saturated rings. The SMILES string of the molecule is COc1cc(OC)cc(-c2nnnn2CCO)c1. The molecule has 0 bridgehead atoms. The van der Waals surface area contributed by atoms with Gasteiger partial charge in [0.25, 0.3) is 0 Å². The lowest BCUT2D eigenvalue weighted by molar-refractivity contribution is 0.269. The summed E-state index contributed by atoms with van der Waals surface area (Å²) in [7, 11) is 3.16. The number of methoxy groups -OCH3 is 2. The van der Waals surface area contributed by atoms with Gasteiger partial charge in [-0.2, -0.15) is 0 Å². The Balaban J connectivity index is 2.45. The maximum atomic E-state index is 8.95. The molecule has 0 aliphatic heterocycles. The van der Waals surface area contributed by atoms with Crippen LogP contribution >= 0.6 is 0 Å². The van der Waals surface area contributed by atoms with Crippen molar-refractivity contribution < 1.29 is 14.6 Å². The van der Waals surface area contributed by atoms with Gasteiger partial charge < -0.3 is 14.6 Å². The molecule has 7 nitrogen and oxygen atoms in total. The lowest BCUT2D eigenvalue weighted by atomic mass is 10.2. The van der Waals surface area contributed by atoms with E-state index in [-0.39, 0.29) is 6.61 Å². The number of hydrogen-bond acceptors (Lipinski definition) is 6. The first-order chi connectivity index (χ1) is 8.78. The number of nitrogens with zero attached hydrogens (tertiary/aromatic N) is 4. The van der Waals surface area contributed by atoms with Crippen LogP contribution in [0.4, 0.5) is 0 Å². The maximum Gasteiger partial charge on any atom is 0.182 e. The summed E-state index contributed by atoms with van der Waals surface area (Å²) in [6.45, 7) is 0.307. The van der Waals surface area contributed by atoms with Gasteiger partial charge in [0.05, 0.1) is 27.4 Å². The minimum absolute atomic E-state index is 0.0286. The molecule has 1 aromatic heterocycles. The van der Waals surface area contributed by atoms with Crippen LogP contribution in [0.2, 0.25) is 0 Å². The first kappa shape index (κ1) is 12.3. The number of ether oxygens (including phenoxy) is 2. The highest BCUT2D eigenvalue weighted by Gasteiger charge is 2.11. The van der Waals surface area contributed by atoms with E-state index < -0.39 is 0 Å². The fraction of sp³-hybridized carbons (Fsp3) is 0.364. The molecular weight excluding hydrogens is 236 g/mol. The smallest absolute Gasteiger partial charge is 0.182 e. The Labute approximate surface area is 104 Å². The number of aliphatic hydroxyl groups excluding tert-OH is 1. The molecule has 18 heavy (non-hydrogen) atoms. The molecule has 0 radical (unpaired) electrons. The minimum Gasteiger partial charge on any atom is -0.497 e. The van der Waals surface area contributed by atoms with Crippen LogP contribution in [0, 0.1) is 0 Å². The summed E-state index contributed by atoms with van der Waals surface area (Å²) in [4.78, 5) is 0. The van der Waals surface area contributed by atoms with Crippen molar-refractivity contribution in [2.45, 2.75) is 6.54 Å². The van der Waals surface area contributed by atoms with Gasteiger partial charge in [-0.3, -0.25) is 0 Å². The van der Waals surface area contributed by atoms with E-state index in [1.165, 1.54) is 4.68 Å². The van der Waals surface area contributed by atoms with Crippen molar-refractivity contribution in [1.29, 1.82) is 0 Å². The average Bonchev–Trinajstić information content (AvgIpc) is 2.87. The van der Waals surface area contributed by atoms with Crippen molar-refractivity contribution in [3.8, 4) is 22.9 Å². The molecule has 0 atom stereocenters. The van der Waals surface area contributed by atoms with Gasteiger partial charge in [-0.1, -0.05) is 0 Å². The quantitative estimate of drug-likeness (QED) is 0.824. The molecule has 2 aromatic rings.